The molecule has 0 aliphatic carbocycles. The number of nitrogens with zero attached hydrogens (tertiary/aromatic N) is 2. The number of carbonyl (C=O) groups excluding carboxylic acids is 1. The number of anilines is 1. The van der Waals surface area contributed by atoms with Crippen LogP contribution >= 0.6 is 0 Å². The molecule has 1 amide bonds. The highest BCUT2D eigenvalue weighted by Gasteiger charge is 2.17. The number of rotatable bonds is 9. The Bertz CT molecular complexity index is 971. The van der Waals surface area contributed by atoms with E-state index in [0.29, 0.717) is 11.6 Å². The lowest BCUT2D eigenvalue weighted by molar-refractivity contribution is 0.0912. The molecule has 0 fully saturated rings. The Morgan fingerprint density at radius 2 is 2.03 bits per heavy atom. The topological polar surface area (TPSA) is 103 Å². The predicted octanol–water partition coefficient (Wildman–Crippen LogP) is 3.84. The molecular weight excluding hydrogens is 378 g/mol. The van der Waals surface area contributed by atoms with Gasteiger partial charge in [0.25, 0.3) is 5.91 Å². The minimum atomic E-state index is -0.470. The first-order valence-corrected chi connectivity index (χ1v) is 10.3. The highest BCUT2D eigenvalue weighted by atomic mass is 16.3. The van der Waals surface area contributed by atoms with Gasteiger partial charge in [0.05, 0.1) is 18.3 Å². The number of aromatic nitrogens is 3. The van der Waals surface area contributed by atoms with Crippen LogP contribution in [0.1, 0.15) is 54.3 Å². The van der Waals surface area contributed by atoms with Gasteiger partial charge < -0.3 is 20.7 Å². The van der Waals surface area contributed by atoms with Crippen LogP contribution < -0.4 is 10.6 Å². The maximum atomic E-state index is 12.7. The zero-order valence-corrected chi connectivity index (χ0v) is 17.6. The Hall–Kier alpha value is -3.19. The molecule has 30 heavy (non-hydrogen) atoms. The van der Waals surface area contributed by atoms with Crippen LogP contribution in [0.5, 0.6) is 0 Å². The van der Waals surface area contributed by atoms with Crippen LogP contribution in [0, 0.1) is 6.92 Å². The molecule has 158 valence electrons. The first-order chi connectivity index (χ1) is 14.5. The van der Waals surface area contributed by atoms with Gasteiger partial charge in [-0.05, 0) is 37.5 Å². The number of carbonyl (C=O) groups is 1. The van der Waals surface area contributed by atoms with Crippen molar-refractivity contribution in [2.24, 2.45) is 0 Å². The minimum Gasteiger partial charge on any atom is -0.394 e. The van der Waals surface area contributed by atoms with Crippen LogP contribution in [0.25, 0.3) is 11.3 Å². The van der Waals surface area contributed by atoms with Crippen LogP contribution in [0.2, 0.25) is 0 Å². The van der Waals surface area contributed by atoms with Crippen molar-refractivity contribution in [2.75, 3.05) is 11.9 Å². The molecule has 2 aromatic heterocycles. The Morgan fingerprint density at radius 3 is 2.73 bits per heavy atom. The van der Waals surface area contributed by atoms with E-state index in [1.807, 2.05) is 37.3 Å². The SMILES string of the molecule is CCC[C@H](C)Nc1ncc(C)c(-c2c[nH]c(C(=O)N[C@H](CO)c3ccccc3)c2)n1. The maximum absolute atomic E-state index is 12.7. The van der Waals surface area contributed by atoms with E-state index in [2.05, 4.69) is 39.4 Å². The molecule has 0 spiro atoms. The number of hydrogen-bond acceptors (Lipinski definition) is 5. The zero-order chi connectivity index (χ0) is 21.5. The summed E-state index contributed by atoms with van der Waals surface area (Å²) in [7, 11) is 0. The Kier molecular flexibility index (Phi) is 7.19. The van der Waals surface area contributed by atoms with Crippen molar-refractivity contribution in [3.8, 4) is 11.3 Å². The van der Waals surface area contributed by atoms with E-state index in [1.165, 1.54) is 0 Å². The summed E-state index contributed by atoms with van der Waals surface area (Å²) in [6.07, 6.45) is 5.67. The summed E-state index contributed by atoms with van der Waals surface area (Å²) >= 11 is 0. The molecule has 0 radical (unpaired) electrons. The number of aryl methyl sites for hydroxylation is 1. The minimum absolute atomic E-state index is 0.181. The Morgan fingerprint density at radius 1 is 1.27 bits per heavy atom. The zero-order valence-electron chi connectivity index (χ0n) is 17.6. The molecule has 3 aromatic rings. The van der Waals surface area contributed by atoms with Crippen molar-refractivity contribution in [1.82, 2.24) is 20.3 Å². The van der Waals surface area contributed by atoms with Gasteiger partial charge in [0.1, 0.15) is 5.69 Å². The van der Waals surface area contributed by atoms with E-state index in [1.54, 1.807) is 18.5 Å². The number of H-pyrrole nitrogens is 1. The number of aromatic amines is 1. The number of hydrogen-bond donors (Lipinski definition) is 4. The fourth-order valence-electron chi connectivity index (χ4n) is 3.35. The summed E-state index contributed by atoms with van der Waals surface area (Å²) in [6, 6.07) is 11.0. The van der Waals surface area contributed by atoms with Gasteiger partial charge in [-0.3, -0.25) is 4.79 Å². The average Bonchev–Trinajstić information content (AvgIpc) is 3.24. The van der Waals surface area contributed by atoms with Gasteiger partial charge in [0.2, 0.25) is 5.95 Å². The van der Waals surface area contributed by atoms with Crippen molar-refractivity contribution in [3.05, 3.63) is 65.6 Å². The summed E-state index contributed by atoms with van der Waals surface area (Å²) in [5.74, 6) is 0.291. The van der Waals surface area contributed by atoms with Gasteiger partial charge in [-0.15, -0.1) is 0 Å². The van der Waals surface area contributed by atoms with Crippen LogP contribution in [-0.4, -0.2) is 38.6 Å². The standard InChI is InChI=1S/C23H29N5O2/c1-4-8-16(3)26-23-25-12-15(2)21(28-23)18-11-19(24-13-18)22(30)27-20(14-29)17-9-6-5-7-10-17/h5-7,9-13,16,20,24,29H,4,8,14H2,1-3H3,(H,27,30)(H,25,26,28)/t16-,20+/m0/s1. The molecule has 1 aromatic carbocycles. The number of nitrogens with one attached hydrogen (secondary N) is 3. The summed E-state index contributed by atoms with van der Waals surface area (Å²) < 4.78 is 0. The lowest BCUT2D eigenvalue weighted by Gasteiger charge is -2.16. The second-order valence-electron chi connectivity index (χ2n) is 7.48. The first kappa shape index (κ1) is 21.5. The fraction of sp³-hybridized carbons (Fsp3) is 0.348. The van der Waals surface area contributed by atoms with E-state index in [-0.39, 0.29) is 18.6 Å². The van der Waals surface area contributed by atoms with Crippen molar-refractivity contribution in [2.45, 2.75) is 45.7 Å². The van der Waals surface area contributed by atoms with E-state index in [4.69, 9.17) is 0 Å². The summed E-state index contributed by atoms with van der Waals surface area (Å²) in [4.78, 5) is 24.7. The van der Waals surface area contributed by atoms with E-state index in [9.17, 15) is 9.90 Å². The van der Waals surface area contributed by atoms with Gasteiger partial charge in [-0.25, -0.2) is 9.97 Å². The number of aliphatic hydroxyl groups is 1. The van der Waals surface area contributed by atoms with Gasteiger partial charge in [-0.1, -0.05) is 43.7 Å². The highest BCUT2D eigenvalue weighted by molar-refractivity contribution is 5.94. The fourth-order valence-corrected chi connectivity index (χ4v) is 3.35. The summed E-state index contributed by atoms with van der Waals surface area (Å²) in [6.45, 7) is 6.01. The van der Waals surface area contributed by atoms with E-state index in [0.717, 1.165) is 35.2 Å². The molecule has 0 aliphatic rings. The number of amides is 1. The predicted molar refractivity (Wildman–Crippen MR) is 118 cm³/mol. The number of aliphatic hydroxyl groups excluding tert-OH is 1. The normalized spacial score (nSPS) is 12.9. The third-order valence-electron chi connectivity index (χ3n) is 4.96. The van der Waals surface area contributed by atoms with Gasteiger partial charge >= 0.3 is 0 Å². The van der Waals surface area contributed by atoms with Crippen LogP contribution in [-0.2, 0) is 0 Å². The van der Waals surface area contributed by atoms with Crippen molar-refractivity contribution in [1.29, 1.82) is 0 Å². The van der Waals surface area contributed by atoms with Crippen LogP contribution in [0.15, 0.2) is 48.8 Å². The monoisotopic (exact) mass is 407 g/mol. The largest absolute Gasteiger partial charge is 0.394 e. The third kappa shape index (κ3) is 5.24. The first-order valence-electron chi connectivity index (χ1n) is 10.3. The molecule has 2 heterocycles. The average molecular weight is 408 g/mol. The molecule has 0 unspecified atom stereocenters. The molecule has 0 saturated carbocycles. The van der Waals surface area contributed by atoms with E-state index < -0.39 is 6.04 Å². The Labute approximate surface area is 177 Å². The Balaban J connectivity index is 1.76. The van der Waals surface area contributed by atoms with Crippen molar-refractivity contribution >= 4 is 11.9 Å². The maximum Gasteiger partial charge on any atom is 0.268 e. The van der Waals surface area contributed by atoms with E-state index >= 15 is 0 Å². The molecule has 3 rings (SSSR count). The summed E-state index contributed by atoms with van der Waals surface area (Å²) in [5.41, 5.74) is 3.77. The molecule has 0 saturated heterocycles. The second kappa shape index (κ2) is 10.0. The molecule has 7 heteroatoms. The van der Waals surface area contributed by atoms with Gasteiger partial charge in [0.15, 0.2) is 0 Å². The smallest absolute Gasteiger partial charge is 0.268 e. The lowest BCUT2D eigenvalue weighted by Crippen LogP contribution is -2.30. The molecule has 0 aliphatic heterocycles. The van der Waals surface area contributed by atoms with Crippen molar-refractivity contribution in [3.63, 3.8) is 0 Å². The van der Waals surface area contributed by atoms with Gasteiger partial charge in [0, 0.05) is 24.0 Å². The van der Waals surface area contributed by atoms with Gasteiger partial charge in [-0.2, -0.15) is 0 Å². The number of benzene rings is 1. The highest BCUT2D eigenvalue weighted by Crippen LogP contribution is 2.23. The molecule has 2 atom stereocenters. The lowest BCUT2D eigenvalue weighted by atomic mass is 10.1. The molecular formula is C23H29N5O2. The third-order valence-corrected chi connectivity index (χ3v) is 4.96. The molecule has 4 N–H and O–H groups in total. The second-order valence-corrected chi connectivity index (χ2v) is 7.48. The van der Waals surface area contributed by atoms with Crippen LogP contribution in [0.3, 0.4) is 0 Å². The molecule has 0 bridgehead atoms. The van der Waals surface area contributed by atoms with Crippen LogP contribution in [0.4, 0.5) is 5.95 Å². The quantitative estimate of drug-likeness (QED) is 0.431. The summed E-state index contributed by atoms with van der Waals surface area (Å²) in [5, 5.41) is 15.9. The van der Waals surface area contributed by atoms with Crippen molar-refractivity contribution < 1.29 is 9.90 Å². The molecule has 7 nitrogen and oxygen atoms in total.